The predicted octanol–water partition coefficient (Wildman–Crippen LogP) is 5.85. The molecule has 2 aromatic heterocycles. The molecule has 5 rings (SSSR count). The molecular formula is C33H32N6O6S. The summed E-state index contributed by atoms with van der Waals surface area (Å²) < 4.78 is 47.5. The number of amides is 1. The van der Waals surface area contributed by atoms with Crippen molar-refractivity contribution in [1.82, 2.24) is 19.9 Å². The highest BCUT2D eigenvalue weighted by atomic mass is 32.2. The maximum atomic E-state index is 13.7. The molecule has 0 saturated carbocycles. The van der Waals surface area contributed by atoms with Crippen molar-refractivity contribution in [2.75, 3.05) is 23.8 Å². The molecule has 12 nitrogen and oxygen atoms in total. The Morgan fingerprint density at radius 1 is 0.804 bits per heavy atom. The van der Waals surface area contributed by atoms with Gasteiger partial charge in [-0.15, -0.1) is 0 Å². The molecule has 0 saturated heterocycles. The molecule has 0 aliphatic carbocycles. The van der Waals surface area contributed by atoms with Crippen LogP contribution in [0.4, 0.5) is 11.5 Å². The van der Waals surface area contributed by atoms with Gasteiger partial charge >= 0.3 is 0 Å². The van der Waals surface area contributed by atoms with Crippen LogP contribution in [0.3, 0.4) is 0 Å². The molecule has 13 heteroatoms. The minimum Gasteiger partial charge on any atom is -0.493 e. The average Bonchev–Trinajstić information content (AvgIpc) is 3.05. The maximum Gasteiger partial charge on any atom is 0.264 e. The topological polar surface area (TPSA) is 155 Å². The van der Waals surface area contributed by atoms with Gasteiger partial charge in [-0.05, 0) is 53.4 Å². The lowest BCUT2D eigenvalue weighted by atomic mass is 9.87. The third-order valence-corrected chi connectivity index (χ3v) is 7.90. The number of sulfonamides is 1. The monoisotopic (exact) mass is 640 g/mol. The number of para-hydroxylation sites is 3. The molecule has 0 fully saturated rings. The Labute approximate surface area is 266 Å². The van der Waals surface area contributed by atoms with Crippen molar-refractivity contribution in [2.24, 2.45) is 0 Å². The fourth-order valence-electron chi connectivity index (χ4n) is 4.19. The number of rotatable bonds is 11. The molecule has 236 valence electrons. The second-order valence-electron chi connectivity index (χ2n) is 10.9. The first kappa shape index (κ1) is 31.9. The number of carbonyl (C=O) groups excluding carboxylic acids is 1. The fraction of sp³-hybridized carbons (Fsp3) is 0.182. The second-order valence-corrected chi connectivity index (χ2v) is 12.6. The molecular weight excluding hydrogens is 608 g/mol. The predicted molar refractivity (Wildman–Crippen MR) is 173 cm³/mol. The largest absolute Gasteiger partial charge is 0.493 e. The lowest BCUT2D eigenvalue weighted by Crippen LogP contribution is -2.21. The lowest BCUT2D eigenvalue weighted by molar-refractivity contribution is -0.118. The van der Waals surface area contributed by atoms with Gasteiger partial charge in [-0.25, -0.2) is 23.4 Å². The summed E-state index contributed by atoms with van der Waals surface area (Å²) in [5.41, 5.74) is 1.34. The normalized spacial score (nSPS) is 11.4. The van der Waals surface area contributed by atoms with Gasteiger partial charge in [0.05, 0.1) is 12.0 Å². The third kappa shape index (κ3) is 7.74. The van der Waals surface area contributed by atoms with Crippen molar-refractivity contribution in [3.8, 4) is 34.8 Å². The molecule has 0 spiro atoms. The Bertz CT molecular complexity index is 1920. The number of hydrogen-bond donors (Lipinski definition) is 2. The molecule has 0 unspecified atom stereocenters. The van der Waals surface area contributed by atoms with Crippen molar-refractivity contribution in [3.63, 3.8) is 0 Å². The number of carbonyl (C=O) groups is 1. The summed E-state index contributed by atoms with van der Waals surface area (Å²) in [5, 5.41) is 2.73. The molecule has 46 heavy (non-hydrogen) atoms. The highest BCUT2D eigenvalue weighted by molar-refractivity contribution is 7.92. The van der Waals surface area contributed by atoms with Crippen molar-refractivity contribution in [1.29, 1.82) is 0 Å². The fourth-order valence-corrected chi connectivity index (χ4v) is 5.19. The van der Waals surface area contributed by atoms with E-state index in [1.165, 1.54) is 31.6 Å². The van der Waals surface area contributed by atoms with Gasteiger partial charge in [0.15, 0.2) is 29.7 Å². The summed E-state index contributed by atoms with van der Waals surface area (Å²) in [6, 6.07) is 23.7. The Balaban J connectivity index is 1.59. The SMILES string of the molecule is COc1ccccc1Oc1c(NS(=O)(=O)c2ccc(C(C)(C)C)cc2)nc(-c2ncccn2)nc1OCC(=O)Nc1ccccc1. The van der Waals surface area contributed by atoms with Crippen molar-refractivity contribution in [2.45, 2.75) is 31.1 Å². The standard InChI is InChI=1S/C33H32N6O6S/c1-33(2,3)22-15-17-24(18-16-22)46(41,42)39-29-28(45-26-14-9-8-13-25(26)43-4)32(38-31(37-29)30-34-19-10-20-35-30)44-21-27(40)36-23-11-6-5-7-12-23/h5-20H,21H2,1-4H3,(H,36,40)(H,37,38,39). The average molecular weight is 641 g/mol. The third-order valence-electron chi connectivity index (χ3n) is 6.54. The van der Waals surface area contributed by atoms with Crippen LogP contribution in [0.15, 0.2) is 102 Å². The van der Waals surface area contributed by atoms with Crippen LogP contribution in [0.5, 0.6) is 23.1 Å². The van der Waals surface area contributed by atoms with Crippen LogP contribution in [-0.2, 0) is 20.2 Å². The number of ether oxygens (including phenoxy) is 3. The smallest absolute Gasteiger partial charge is 0.264 e. The van der Waals surface area contributed by atoms with Gasteiger partial charge in [0.1, 0.15) is 0 Å². The lowest BCUT2D eigenvalue weighted by Gasteiger charge is -2.20. The molecule has 0 aliphatic heterocycles. The molecule has 0 radical (unpaired) electrons. The number of methoxy groups -OCH3 is 1. The van der Waals surface area contributed by atoms with Crippen LogP contribution >= 0.6 is 0 Å². The molecule has 0 bridgehead atoms. The number of anilines is 2. The van der Waals surface area contributed by atoms with E-state index in [1.807, 2.05) is 26.8 Å². The molecule has 5 aromatic rings. The van der Waals surface area contributed by atoms with E-state index in [1.54, 1.807) is 66.7 Å². The van der Waals surface area contributed by atoms with Gasteiger partial charge in [-0.3, -0.25) is 9.52 Å². The van der Waals surface area contributed by atoms with Gasteiger partial charge < -0.3 is 19.5 Å². The van der Waals surface area contributed by atoms with Crippen LogP contribution in [0.1, 0.15) is 26.3 Å². The molecule has 2 heterocycles. The van der Waals surface area contributed by atoms with E-state index in [-0.39, 0.29) is 45.2 Å². The summed E-state index contributed by atoms with van der Waals surface area (Å²) in [6.45, 7) is 5.60. The van der Waals surface area contributed by atoms with Crippen molar-refractivity contribution in [3.05, 3.63) is 103 Å². The first-order valence-corrected chi connectivity index (χ1v) is 15.6. The zero-order chi connectivity index (χ0) is 32.7. The van der Waals surface area contributed by atoms with Crippen LogP contribution in [0.25, 0.3) is 11.6 Å². The maximum absolute atomic E-state index is 13.7. The summed E-state index contributed by atoms with van der Waals surface area (Å²) >= 11 is 0. The Kier molecular flexibility index (Phi) is 9.42. The van der Waals surface area contributed by atoms with Gasteiger partial charge in [-0.2, -0.15) is 4.98 Å². The van der Waals surface area contributed by atoms with Gasteiger partial charge in [0, 0.05) is 18.1 Å². The first-order valence-electron chi connectivity index (χ1n) is 14.1. The summed E-state index contributed by atoms with van der Waals surface area (Å²) in [7, 11) is -2.76. The minimum absolute atomic E-state index is 0.00966. The molecule has 0 aliphatic rings. The Hall–Kier alpha value is -5.56. The van der Waals surface area contributed by atoms with E-state index in [0.717, 1.165) is 5.56 Å². The number of aromatic nitrogens is 4. The van der Waals surface area contributed by atoms with E-state index in [4.69, 9.17) is 14.2 Å². The highest BCUT2D eigenvalue weighted by Gasteiger charge is 2.27. The van der Waals surface area contributed by atoms with Gasteiger partial charge in [0.2, 0.25) is 11.6 Å². The van der Waals surface area contributed by atoms with E-state index in [2.05, 4.69) is 30.0 Å². The van der Waals surface area contributed by atoms with Crippen molar-refractivity contribution < 1.29 is 27.4 Å². The van der Waals surface area contributed by atoms with E-state index >= 15 is 0 Å². The highest BCUT2D eigenvalue weighted by Crippen LogP contribution is 2.41. The van der Waals surface area contributed by atoms with Gasteiger partial charge in [-0.1, -0.05) is 63.2 Å². The second kappa shape index (κ2) is 13.6. The number of nitrogens with zero attached hydrogens (tertiary/aromatic N) is 4. The molecule has 3 aromatic carbocycles. The zero-order valence-corrected chi connectivity index (χ0v) is 26.4. The number of benzene rings is 3. The van der Waals surface area contributed by atoms with Gasteiger partial charge in [0.25, 0.3) is 21.8 Å². The number of nitrogens with one attached hydrogen (secondary N) is 2. The first-order chi connectivity index (χ1) is 22.0. The molecule has 0 atom stereocenters. The van der Waals surface area contributed by atoms with Crippen LogP contribution < -0.4 is 24.2 Å². The summed E-state index contributed by atoms with van der Waals surface area (Å²) in [4.78, 5) is 30.1. The molecule has 2 N–H and O–H groups in total. The summed E-state index contributed by atoms with van der Waals surface area (Å²) in [6.07, 6.45) is 2.97. The van der Waals surface area contributed by atoms with Crippen molar-refractivity contribution >= 4 is 27.4 Å². The number of hydrogen-bond acceptors (Lipinski definition) is 10. The molecule has 1 amide bonds. The van der Waals surface area contributed by atoms with E-state index in [0.29, 0.717) is 11.4 Å². The van der Waals surface area contributed by atoms with Crippen LogP contribution in [0.2, 0.25) is 0 Å². The Morgan fingerprint density at radius 2 is 1.46 bits per heavy atom. The van der Waals surface area contributed by atoms with E-state index < -0.39 is 22.5 Å². The van der Waals surface area contributed by atoms with E-state index in [9.17, 15) is 13.2 Å². The quantitative estimate of drug-likeness (QED) is 0.180. The summed E-state index contributed by atoms with van der Waals surface area (Å²) in [5.74, 6) is -0.664. The van der Waals surface area contributed by atoms with Crippen LogP contribution in [0, 0.1) is 0 Å². The Morgan fingerprint density at radius 3 is 2.11 bits per heavy atom. The zero-order valence-electron chi connectivity index (χ0n) is 25.6. The minimum atomic E-state index is -4.22. The van der Waals surface area contributed by atoms with Crippen LogP contribution in [-0.4, -0.2) is 48.0 Å².